The first kappa shape index (κ1) is 10.9. The number of rotatable bonds is 5. The molecule has 17 heavy (non-hydrogen) atoms. The molecule has 2 aliphatic rings. The van der Waals surface area contributed by atoms with Gasteiger partial charge in [-0.25, -0.2) is 0 Å². The molecular weight excluding hydrogens is 234 g/mol. The molecule has 4 nitrogen and oxygen atoms in total. The summed E-state index contributed by atoms with van der Waals surface area (Å²) in [5, 5.41) is 4.38. The van der Waals surface area contributed by atoms with Gasteiger partial charge < -0.3 is 16.8 Å². The van der Waals surface area contributed by atoms with Gasteiger partial charge in [-0.3, -0.25) is 4.79 Å². The molecule has 2 saturated carbocycles. The first-order valence-corrected chi connectivity index (χ1v) is 6.85. The molecule has 0 unspecified atom stereocenters. The first-order valence-electron chi connectivity index (χ1n) is 6.04. The lowest BCUT2D eigenvalue weighted by Gasteiger charge is -2.14. The number of thiophene rings is 1. The van der Waals surface area contributed by atoms with Crippen LogP contribution in [-0.4, -0.2) is 12.5 Å². The maximum atomic E-state index is 11.1. The third-order valence-electron chi connectivity index (χ3n) is 3.93. The minimum atomic E-state index is -0.441. The Bertz CT molecular complexity index is 460. The molecular formula is C12H17N3OS. The zero-order valence-electron chi connectivity index (χ0n) is 9.66. The van der Waals surface area contributed by atoms with Gasteiger partial charge in [0.15, 0.2) is 0 Å². The van der Waals surface area contributed by atoms with E-state index in [2.05, 4.69) is 5.32 Å². The summed E-state index contributed by atoms with van der Waals surface area (Å²) in [6.07, 6.45) is 5.46. The van der Waals surface area contributed by atoms with Gasteiger partial charge in [0.05, 0.1) is 10.7 Å². The van der Waals surface area contributed by atoms with Gasteiger partial charge in [0.25, 0.3) is 5.91 Å². The fourth-order valence-electron chi connectivity index (χ4n) is 2.53. The van der Waals surface area contributed by atoms with Crippen molar-refractivity contribution in [1.29, 1.82) is 0 Å². The van der Waals surface area contributed by atoms with E-state index in [-0.39, 0.29) is 0 Å². The van der Waals surface area contributed by atoms with Crippen LogP contribution in [0.15, 0.2) is 6.07 Å². The largest absolute Gasteiger partial charge is 0.397 e. The number of nitrogens with two attached hydrogens (primary N) is 2. The Morgan fingerprint density at radius 1 is 1.53 bits per heavy atom. The van der Waals surface area contributed by atoms with Crippen molar-refractivity contribution in [3.05, 3.63) is 10.9 Å². The average molecular weight is 251 g/mol. The van der Waals surface area contributed by atoms with Gasteiger partial charge >= 0.3 is 0 Å². The van der Waals surface area contributed by atoms with Crippen LogP contribution in [0, 0.1) is 11.3 Å². The predicted molar refractivity (Wildman–Crippen MR) is 70.1 cm³/mol. The van der Waals surface area contributed by atoms with E-state index in [0.717, 1.165) is 17.5 Å². The highest BCUT2D eigenvalue weighted by atomic mass is 32.1. The Kier molecular flexibility index (Phi) is 2.33. The molecule has 3 rings (SSSR count). The Morgan fingerprint density at radius 3 is 2.71 bits per heavy atom. The maximum Gasteiger partial charge on any atom is 0.260 e. The molecule has 0 aromatic carbocycles. The van der Waals surface area contributed by atoms with E-state index < -0.39 is 5.91 Å². The molecule has 0 radical (unpaired) electrons. The summed E-state index contributed by atoms with van der Waals surface area (Å²) in [5.74, 6) is 0.492. The Hall–Kier alpha value is -1.23. The smallest absolute Gasteiger partial charge is 0.260 e. The first-order chi connectivity index (χ1) is 8.11. The summed E-state index contributed by atoms with van der Waals surface area (Å²) < 4.78 is 0. The van der Waals surface area contributed by atoms with E-state index >= 15 is 0 Å². The molecule has 1 aromatic rings. The molecule has 0 atom stereocenters. The van der Waals surface area contributed by atoms with Crippen LogP contribution in [0.2, 0.25) is 0 Å². The van der Waals surface area contributed by atoms with Gasteiger partial charge in [-0.15, -0.1) is 11.3 Å². The van der Waals surface area contributed by atoms with Crippen LogP contribution < -0.4 is 16.8 Å². The van der Waals surface area contributed by atoms with Crippen molar-refractivity contribution in [1.82, 2.24) is 0 Å². The summed E-state index contributed by atoms with van der Waals surface area (Å²) >= 11 is 1.36. The second-order valence-electron chi connectivity index (χ2n) is 5.25. The van der Waals surface area contributed by atoms with Crippen molar-refractivity contribution >= 4 is 27.9 Å². The molecule has 5 heteroatoms. The van der Waals surface area contributed by atoms with Gasteiger partial charge in [-0.05, 0) is 43.1 Å². The van der Waals surface area contributed by atoms with Gasteiger partial charge in [0.1, 0.15) is 4.88 Å². The highest BCUT2D eigenvalue weighted by Crippen LogP contribution is 2.61. The summed E-state index contributed by atoms with van der Waals surface area (Å²) in [7, 11) is 0. The number of hydrogen-bond acceptors (Lipinski definition) is 4. The standard InChI is InChI=1S/C12H17N3OS/c13-8-5-9(17-10(8)11(14)16)15-6-12(3-4-12)7-1-2-7/h5,7,15H,1-4,6,13H2,(H2,14,16). The van der Waals surface area contributed by atoms with Crippen molar-refractivity contribution in [2.24, 2.45) is 17.1 Å². The number of nitrogen functional groups attached to an aromatic ring is 1. The quantitative estimate of drug-likeness (QED) is 0.749. The van der Waals surface area contributed by atoms with Gasteiger partial charge in [-0.1, -0.05) is 0 Å². The third-order valence-corrected chi connectivity index (χ3v) is 5.06. The predicted octanol–water partition coefficient (Wildman–Crippen LogP) is 2.03. The fraction of sp³-hybridized carbons (Fsp3) is 0.583. The van der Waals surface area contributed by atoms with Crippen molar-refractivity contribution in [3.63, 3.8) is 0 Å². The van der Waals surface area contributed by atoms with Crippen molar-refractivity contribution in [2.75, 3.05) is 17.6 Å². The number of carbonyl (C=O) groups is 1. The molecule has 5 N–H and O–H groups in total. The number of anilines is 2. The lowest BCUT2D eigenvalue weighted by molar-refractivity contribution is 0.100. The second kappa shape index (κ2) is 3.63. The molecule has 1 heterocycles. The van der Waals surface area contributed by atoms with Crippen LogP contribution in [0.4, 0.5) is 10.7 Å². The molecule has 1 aromatic heterocycles. The number of amides is 1. The summed E-state index contributed by atoms with van der Waals surface area (Å²) in [5.41, 5.74) is 12.0. The van der Waals surface area contributed by atoms with Crippen LogP contribution in [0.3, 0.4) is 0 Å². The molecule has 0 bridgehead atoms. The lowest BCUT2D eigenvalue weighted by atomic mass is 10.0. The zero-order chi connectivity index (χ0) is 12.0. The van der Waals surface area contributed by atoms with Crippen LogP contribution >= 0.6 is 11.3 Å². The third kappa shape index (κ3) is 1.99. The monoisotopic (exact) mass is 251 g/mol. The molecule has 1 amide bonds. The molecule has 2 aliphatic carbocycles. The molecule has 0 aliphatic heterocycles. The van der Waals surface area contributed by atoms with Gasteiger partial charge in [0.2, 0.25) is 0 Å². The second-order valence-corrected chi connectivity index (χ2v) is 6.30. The van der Waals surface area contributed by atoms with E-state index in [9.17, 15) is 4.79 Å². The normalized spacial score (nSPS) is 21.2. The summed E-state index contributed by atoms with van der Waals surface area (Å²) in [6, 6.07) is 1.81. The van der Waals surface area contributed by atoms with Crippen LogP contribution in [0.25, 0.3) is 0 Å². The van der Waals surface area contributed by atoms with Crippen molar-refractivity contribution in [3.8, 4) is 0 Å². The van der Waals surface area contributed by atoms with Crippen molar-refractivity contribution in [2.45, 2.75) is 25.7 Å². The number of nitrogens with one attached hydrogen (secondary N) is 1. The average Bonchev–Trinajstić information content (AvgIpc) is 3.13. The van der Waals surface area contributed by atoms with E-state index in [1.54, 1.807) is 0 Å². The highest BCUT2D eigenvalue weighted by molar-refractivity contribution is 7.18. The summed E-state index contributed by atoms with van der Waals surface area (Å²) in [4.78, 5) is 11.6. The van der Waals surface area contributed by atoms with Crippen LogP contribution in [0.5, 0.6) is 0 Å². The molecule has 0 spiro atoms. The molecule has 0 saturated heterocycles. The Balaban J connectivity index is 1.65. The van der Waals surface area contributed by atoms with Crippen molar-refractivity contribution < 1.29 is 4.79 Å². The molecule has 92 valence electrons. The Labute approximate surface area is 104 Å². The Morgan fingerprint density at radius 2 is 2.24 bits per heavy atom. The van der Waals surface area contributed by atoms with E-state index in [1.165, 1.54) is 37.0 Å². The molecule has 2 fully saturated rings. The highest BCUT2D eigenvalue weighted by Gasteiger charge is 2.53. The van der Waals surface area contributed by atoms with Gasteiger partial charge in [-0.2, -0.15) is 0 Å². The number of carbonyl (C=O) groups excluding carboxylic acids is 1. The van der Waals surface area contributed by atoms with Crippen LogP contribution in [-0.2, 0) is 0 Å². The minimum Gasteiger partial charge on any atom is -0.397 e. The van der Waals surface area contributed by atoms with E-state index in [4.69, 9.17) is 11.5 Å². The summed E-state index contributed by atoms with van der Waals surface area (Å²) in [6.45, 7) is 1.01. The van der Waals surface area contributed by atoms with Gasteiger partial charge in [0, 0.05) is 6.54 Å². The number of primary amides is 1. The zero-order valence-corrected chi connectivity index (χ0v) is 10.5. The van der Waals surface area contributed by atoms with E-state index in [0.29, 0.717) is 16.0 Å². The lowest BCUT2D eigenvalue weighted by Crippen LogP contribution is -2.16. The van der Waals surface area contributed by atoms with E-state index in [1.807, 2.05) is 6.07 Å². The number of hydrogen-bond donors (Lipinski definition) is 3. The fourth-order valence-corrected chi connectivity index (χ4v) is 3.36. The van der Waals surface area contributed by atoms with Crippen LogP contribution in [0.1, 0.15) is 35.4 Å². The topological polar surface area (TPSA) is 81.1 Å². The SMILES string of the molecule is NC(=O)c1sc(NCC2(C3CC3)CC2)cc1N. The maximum absolute atomic E-state index is 11.1. The minimum absolute atomic E-state index is 0.441.